The van der Waals surface area contributed by atoms with Gasteiger partial charge in [-0.3, -0.25) is 9.69 Å². The van der Waals surface area contributed by atoms with Crippen LogP contribution in [0.2, 0.25) is 0 Å². The van der Waals surface area contributed by atoms with Gasteiger partial charge in [-0.25, -0.2) is 0 Å². The lowest BCUT2D eigenvalue weighted by atomic mass is 9.87. The monoisotopic (exact) mass is 369 g/mol. The van der Waals surface area contributed by atoms with Gasteiger partial charge in [-0.1, -0.05) is 68.9 Å². The predicted octanol–water partition coefficient (Wildman–Crippen LogP) is 5.08. The van der Waals surface area contributed by atoms with Crippen LogP contribution in [0.4, 0.5) is 0 Å². The minimum Gasteiger partial charge on any atom is -0.468 e. The Morgan fingerprint density at radius 2 is 1.52 bits per heavy atom. The third-order valence-corrected chi connectivity index (χ3v) is 7.46. The number of carbonyl (C=O) groups is 1. The van der Waals surface area contributed by atoms with Crippen molar-refractivity contribution in [1.29, 1.82) is 0 Å². The zero-order valence-corrected chi connectivity index (χ0v) is 16.9. The standard InChI is InChI=1S/C24H35NO2/c1-27-23(26)24(19-11-5-2-6-12-19)17-20(24)18-25(21-13-7-3-8-14-21)22-15-9-4-10-16-22/h2,5-6,11-12,20-22H,3-4,7-10,13-18H2,1H3/t20-,24+/m0/s1. The van der Waals surface area contributed by atoms with Gasteiger partial charge in [-0.05, 0) is 43.6 Å². The lowest BCUT2D eigenvalue weighted by Crippen LogP contribution is -2.47. The number of nitrogens with zero attached hydrogens (tertiary/aromatic N) is 1. The van der Waals surface area contributed by atoms with E-state index >= 15 is 0 Å². The van der Waals surface area contributed by atoms with Crippen LogP contribution >= 0.6 is 0 Å². The van der Waals surface area contributed by atoms with Gasteiger partial charge in [0.15, 0.2) is 0 Å². The van der Waals surface area contributed by atoms with Crippen molar-refractivity contribution in [2.75, 3.05) is 13.7 Å². The summed E-state index contributed by atoms with van der Waals surface area (Å²) in [6.45, 7) is 1.07. The molecule has 3 nitrogen and oxygen atoms in total. The molecular weight excluding hydrogens is 334 g/mol. The first-order valence-electron chi connectivity index (χ1n) is 11.2. The van der Waals surface area contributed by atoms with E-state index in [4.69, 9.17) is 4.74 Å². The highest BCUT2D eigenvalue weighted by molar-refractivity contribution is 5.87. The molecule has 3 heteroatoms. The van der Waals surface area contributed by atoms with Gasteiger partial charge in [0, 0.05) is 18.6 Å². The Kier molecular flexibility index (Phi) is 5.87. The maximum Gasteiger partial charge on any atom is 0.316 e. The number of esters is 1. The SMILES string of the molecule is COC(=O)[C@@]1(c2ccccc2)C[C@H]1CN(C1CCCCC1)C1CCCCC1. The molecule has 2 atom stereocenters. The fourth-order valence-electron chi connectivity index (χ4n) is 5.87. The predicted molar refractivity (Wildman–Crippen MR) is 109 cm³/mol. The number of ether oxygens (including phenoxy) is 1. The molecule has 0 unspecified atom stereocenters. The molecule has 148 valence electrons. The molecule has 0 radical (unpaired) electrons. The quantitative estimate of drug-likeness (QED) is 0.655. The fraction of sp³-hybridized carbons (Fsp3) is 0.708. The molecular formula is C24H35NO2. The number of hydrogen-bond acceptors (Lipinski definition) is 3. The van der Waals surface area contributed by atoms with Crippen LogP contribution in [0.25, 0.3) is 0 Å². The summed E-state index contributed by atoms with van der Waals surface area (Å²) in [7, 11) is 1.54. The molecule has 27 heavy (non-hydrogen) atoms. The van der Waals surface area contributed by atoms with Crippen LogP contribution in [0.5, 0.6) is 0 Å². The van der Waals surface area contributed by atoms with E-state index in [1.807, 2.05) is 6.07 Å². The molecule has 0 spiro atoms. The van der Waals surface area contributed by atoms with E-state index in [1.54, 1.807) is 7.11 Å². The van der Waals surface area contributed by atoms with Gasteiger partial charge in [0.2, 0.25) is 0 Å². The number of hydrogen-bond donors (Lipinski definition) is 0. The molecule has 0 heterocycles. The smallest absolute Gasteiger partial charge is 0.316 e. The zero-order valence-electron chi connectivity index (χ0n) is 16.9. The Balaban J connectivity index is 1.54. The van der Waals surface area contributed by atoms with Gasteiger partial charge in [0.25, 0.3) is 0 Å². The highest BCUT2D eigenvalue weighted by atomic mass is 16.5. The van der Waals surface area contributed by atoms with Gasteiger partial charge in [0.1, 0.15) is 0 Å². The Morgan fingerprint density at radius 3 is 2.04 bits per heavy atom. The molecule has 4 rings (SSSR count). The summed E-state index contributed by atoms with van der Waals surface area (Å²) in [6.07, 6.45) is 14.6. The summed E-state index contributed by atoms with van der Waals surface area (Å²) in [6, 6.07) is 11.8. The second kappa shape index (κ2) is 8.34. The number of carbonyl (C=O) groups excluding carboxylic acids is 1. The van der Waals surface area contributed by atoms with Crippen molar-refractivity contribution in [3.63, 3.8) is 0 Å². The molecule has 3 saturated carbocycles. The van der Waals surface area contributed by atoms with E-state index in [-0.39, 0.29) is 5.97 Å². The summed E-state index contributed by atoms with van der Waals surface area (Å²) in [5, 5.41) is 0. The molecule has 0 aromatic heterocycles. The summed E-state index contributed by atoms with van der Waals surface area (Å²) in [5.74, 6) is 0.363. The highest BCUT2D eigenvalue weighted by Gasteiger charge is 2.62. The molecule has 3 aliphatic rings. The highest BCUT2D eigenvalue weighted by Crippen LogP contribution is 2.56. The number of benzene rings is 1. The van der Waals surface area contributed by atoms with Crippen molar-refractivity contribution < 1.29 is 9.53 Å². The molecule has 3 fully saturated rings. The molecule has 3 aliphatic carbocycles. The van der Waals surface area contributed by atoms with Crippen LogP contribution in [-0.2, 0) is 14.9 Å². The van der Waals surface area contributed by atoms with Gasteiger partial charge in [0.05, 0.1) is 12.5 Å². The van der Waals surface area contributed by atoms with Crippen LogP contribution in [0.1, 0.15) is 76.2 Å². The normalized spacial score (nSPS) is 29.6. The van der Waals surface area contributed by atoms with Crippen LogP contribution in [0, 0.1) is 5.92 Å². The molecule has 1 aromatic rings. The molecule has 0 saturated heterocycles. The maximum absolute atomic E-state index is 12.8. The Labute approximate surface area is 164 Å². The van der Waals surface area contributed by atoms with Crippen molar-refractivity contribution in [2.24, 2.45) is 5.92 Å². The summed E-state index contributed by atoms with van der Waals surface area (Å²) in [5.41, 5.74) is 0.742. The van der Waals surface area contributed by atoms with Crippen molar-refractivity contribution in [3.8, 4) is 0 Å². The Bertz CT molecular complexity index is 601. The van der Waals surface area contributed by atoms with Crippen LogP contribution in [0.15, 0.2) is 30.3 Å². The minimum absolute atomic E-state index is 0.0362. The summed E-state index contributed by atoms with van der Waals surface area (Å²) >= 11 is 0. The van der Waals surface area contributed by atoms with E-state index in [2.05, 4.69) is 29.2 Å². The molecule has 0 aliphatic heterocycles. The third kappa shape index (κ3) is 3.81. The van der Waals surface area contributed by atoms with Crippen LogP contribution < -0.4 is 0 Å². The third-order valence-electron chi connectivity index (χ3n) is 7.46. The molecule has 0 N–H and O–H groups in total. The average Bonchev–Trinajstić information content (AvgIpc) is 3.48. The van der Waals surface area contributed by atoms with E-state index < -0.39 is 5.41 Å². The van der Waals surface area contributed by atoms with Crippen molar-refractivity contribution in [3.05, 3.63) is 35.9 Å². The van der Waals surface area contributed by atoms with Crippen molar-refractivity contribution in [2.45, 2.75) is 88.1 Å². The van der Waals surface area contributed by atoms with Crippen molar-refractivity contribution in [1.82, 2.24) is 4.90 Å². The second-order valence-corrected chi connectivity index (χ2v) is 9.01. The second-order valence-electron chi connectivity index (χ2n) is 9.01. The summed E-state index contributed by atoms with van der Waals surface area (Å²) < 4.78 is 5.28. The number of rotatable bonds is 6. The van der Waals surface area contributed by atoms with Crippen molar-refractivity contribution >= 4 is 5.97 Å². The van der Waals surface area contributed by atoms with Crippen LogP contribution in [-0.4, -0.2) is 36.6 Å². The Hall–Kier alpha value is -1.35. The molecule has 0 amide bonds. The minimum atomic E-state index is -0.405. The van der Waals surface area contributed by atoms with Crippen LogP contribution in [0.3, 0.4) is 0 Å². The number of methoxy groups -OCH3 is 1. The fourth-order valence-corrected chi connectivity index (χ4v) is 5.87. The van der Waals surface area contributed by atoms with Gasteiger partial charge in [-0.2, -0.15) is 0 Å². The lowest BCUT2D eigenvalue weighted by molar-refractivity contribution is -0.144. The van der Waals surface area contributed by atoms with E-state index in [9.17, 15) is 4.79 Å². The molecule has 0 bridgehead atoms. The van der Waals surface area contributed by atoms with E-state index in [1.165, 1.54) is 64.2 Å². The Morgan fingerprint density at radius 1 is 0.963 bits per heavy atom. The van der Waals surface area contributed by atoms with Gasteiger partial charge < -0.3 is 4.74 Å². The topological polar surface area (TPSA) is 29.5 Å². The average molecular weight is 370 g/mol. The molecule has 1 aromatic carbocycles. The van der Waals surface area contributed by atoms with Gasteiger partial charge >= 0.3 is 5.97 Å². The van der Waals surface area contributed by atoms with E-state index in [0.717, 1.165) is 30.6 Å². The van der Waals surface area contributed by atoms with Gasteiger partial charge in [-0.15, -0.1) is 0 Å². The largest absolute Gasteiger partial charge is 0.468 e. The maximum atomic E-state index is 12.8. The zero-order chi connectivity index (χ0) is 18.7. The lowest BCUT2D eigenvalue weighted by Gasteiger charge is -2.42. The first-order chi connectivity index (χ1) is 13.3. The first-order valence-corrected chi connectivity index (χ1v) is 11.2. The summed E-state index contributed by atoms with van der Waals surface area (Å²) in [4.78, 5) is 15.6. The van der Waals surface area contributed by atoms with E-state index in [0.29, 0.717) is 5.92 Å². The first kappa shape index (κ1) is 19.0.